The van der Waals surface area contributed by atoms with Crippen LogP contribution in [0.15, 0.2) is 18.7 Å². The van der Waals surface area contributed by atoms with Crippen LogP contribution in [-0.4, -0.2) is 17.1 Å². The van der Waals surface area contributed by atoms with Crippen LogP contribution in [0.3, 0.4) is 0 Å². The van der Waals surface area contributed by atoms with Crippen LogP contribution in [-0.2, 0) is 6.54 Å². The Kier molecular flexibility index (Phi) is 4.05. The molecule has 0 amide bonds. The molecular formula is C11H15NO2S. The SMILES string of the molecule is C=CC(C)NCc1cc(C(=O)O)sc1C. The second-order valence-corrected chi connectivity index (χ2v) is 4.66. The maximum atomic E-state index is 10.7. The number of aromatic carboxylic acids is 1. The van der Waals surface area contributed by atoms with Gasteiger partial charge in [0.15, 0.2) is 0 Å². The van der Waals surface area contributed by atoms with E-state index in [1.807, 2.05) is 19.9 Å². The van der Waals surface area contributed by atoms with E-state index < -0.39 is 5.97 Å². The second-order valence-electron chi connectivity index (χ2n) is 3.40. The molecule has 0 saturated heterocycles. The zero-order valence-electron chi connectivity index (χ0n) is 8.91. The summed E-state index contributed by atoms with van der Waals surface area (Å²) in [6, 6.07) is 1.96. The molecule has 0 radical (unpaired) electrons. The molecule has 3 nitrogen and oxygen atoms in total. The Hall–Kier alpha value is -1.13. The summed E-state index contributed by atoms with van der Waals surface area (Å²) in [4.78, 5) is 12.2. The largest absolute Gasteiger partial charge is 0.477 e. The molecule has 0 aliphatic carbocycles. The van der Waals surface area contributed by atoms with Crippen LogP contribution in [0.2, 0.25) is 0 Å². The van der Waals surface area contributed by atoms with E-state index in [4.69, 9.17) is 5.11 Å². The fourth-order valence-corrected chi connectivity index (χ4v) is 2.04. The molecule has 1 heterocycles. The molecule has 1 atom stereocenters. The van der Waals surface area contributed by atoms with Crippen LogP contribution >= 0.6 is 11.3 Å². The number of rotatable bonds is 5. The number of hydrogen-bond acceptors (Lipinski definition) is 3. The molecule has 4 heteroatoms. The summed E-state index contributed by atoms with van der Waals surface area (Å²) in [6.45, 7) is 8.30. The highest BCUT2D eigenvalue weighted by Gasteiger charge is 2.10. The lowest BCUT2D eigenvalue weighted by Gasteiger charge is -2.07. The van der Waals surface area contributed by atoms with Gasteiger partial charge in [-0.05, 0) is 25.5 Å². The molecular weight excluding hydrogens is 210 g/mol. The minimum Gasteiger partial charge on any atom is -0.477 e. The van der Waals surface area contributed by atoms with Crippen molar-refractivity contribution in [3.63, 3.8) is 0 Å². The summed E-state index contributed by atoms with van der Waals surface area (Å²) < 4.78 is 0. The highest BCUT2D eigenvalue weighted by atomic mass is 32.1. The van der Waals surface area contributed by atoms with Gasteiger partial charge in [0.25, 0.3) is 0 Å². The molecule has 0 fully saturated rings. The Bertz CT molecular complexity index is 371. The minimum atomic E-state index is -0.855. The Morgan fingerprint density at radius 1 is 1.80 bits per heavy atom. The lowest BCUT2D eigenvalue weighted by Crippen LogP contribution is -2.22. The Balaban J connectivity index is 2.69. The third-order valence-corrected chi connectivity index (χ3v) is 3.28. The van der Waals surface area contributed by atoms with Crippen molar-refractivity contribution in [2.75, 3.05) is 0 Å². The molecule has 1 unspecified atom stereocenters. The van der Waals surface area contributed by atoms with Crippen LogP contribution < -0.4 is 5.32 Å². The number of thiophene rings is 1. The van der Waals surface area contributed by atoms with E-state index in [2.05, 4.69) is 11.9 Å². The van der Waals surface area contributed by atoms with E-state index in [1.165, 1.54) is 11.3 Å². The number of hydrogen-bond donors (Lipinski definition) is 2. The molecule has 15 heavy (non-hydrogen) atoms. The van der Waals surface area contributed by atoms with Gasteiger partial charge in [0.05, 0.1) is 0 Å². The van der Waals surface area contributed by atoms with E-state index in [9.17, 15) is 4.79 Å². The average molecular weight is 225 g/mol. The summed E-state index contributed by atoms with van der Waals surface area (Å²) >= 11 is 1.32. The molecule has 0 aliphatic heterocycles. The third kappa shape index (κ3) is 3.18. The molecule has 0 aromatic carbocycles. The molecule has 82 valence electrons. The predicted octanol–water partition coefficient (Wildman–Crippen LogP) is 2.42. The van der Waals surface area contributed by atoms with Gasteiger partial charge in [-0.3, -0.25) is 0 Å². The first-order valence-electron chi connectivity index (χ1n) is 4.73. The molecule has 1 rings (SSSR count). The zero-order valence-corrected chi connectivity index (χ0v) is 9.73. The number of carboxylic acid groups (broad SMARTS) is 1. The second kappa shape index (κ2) is 5.09. The summed E-state index contributed by atoms with van der Waals surface area (Å²) in [5, 5.41) is 12.1. The van der Waals surface area contributed by atoms with Crippen molar-refractivity contribution in [3.05, 3.63) is 34.0 Å². The van der Waals surface area contributed by atoms with Gasteiger partial charge in [0.1, 0.15) is 4.88 Å². The zero-order chi connectivity index (χ0) is 11.4. The normalized spacial score (nSPS) is 12.4. The topological polar surface area (TPSA) is 49.3 Å². The smallest absolute Gasteiger partial charge is 0.345 e. The number of nitrogens with one attached hydrogen (secondary N) is 1. The maximum Gasteiger partial charge on any atom is 0.345 e. The van der Waals surface area contributed by atoms with Crippen molar-refractivity contribution < 1.29 is 9.90 Å². The van der Waals surface area contributed by atoms with E-state index in [0.717, 1.165) is 10.4 Å². The molecule has 2 N–H and O–H groups in total. The van der Waals surface area contributed by atoms with Crippen molar-refractivity contribution in [2.45, 2.75) is 26.4 Å². The summed E-state index contributed by atoms with van der Waals surface area (Å²) in [5.74, 6) is -0.855. The molecule has 0 spiro atoms. The summed E-state index contributed by atoms with van der Waals surface area (Å²) in [5.41, 5.74) is 1.05. The van der Waals surface area contributed by atoms with Crippen LogP contribution in [0.5, 0.6) is 0 Å². The predicted molar refractivity (Wildman–Crippen MR) is 62.5 cm³/mol. The van der Waals surface area contributed by atoms with Gasteiger partial charge in [-0.15, -0.1) is 17.9 Å². The Labute approximate surface area is 93.4 Å². The fraction of sp³-hybridized carbons (Fsp3) is 0.364. The van der Waals surface area contributed by atoms with Gasteiger partial charge in [-0.1, -0.05) is 6.08 Å². The Morgan fingerprint density at radius 3 is 2.93 bits per heavy atom. The molecule has 0 aliphatic rings. The number of carboxylic acids is 1. The lowest BCUT2D eigenvalue weighted by atomic mass is 10.2. The first-order chi connectivity index (χ1) is 7.04. The van der Waals surface area contributed by atoms with Crippen molar-refractivity contribution in [1.82, 2.24) is 5.32 Å². The summed E-state index contributed by atoms with van der Waals surface area (Å²) in [6.07, 6.45) is 1.82. The van der Waals surface area contributed by atoms with Crippen LogP contribution in [0, 0.1) is 6.92 Å². The highest BCUT2D eigenvalue weighted by Crippen LogP contribution is 2.21. The van der Waals surface area contributed by atoms with Gasteiger partial charge in [-0.2, -0.15) is 0 Å². The van der Waals surface area contributed by atoms with Gasteiger partial charge in [0.2, 0.25) is 0 Å². The summed E-state index contributed by atoms with van der Waals surface area (Å²) in [7, 11) is 0. The number of aryl methyl sites for hydroxylation is 1. The van der Waals surface area contributed by atoms with E-state index in [-0.39, 0.29) is 6.04 Å². The standard InChI is InChI=1S/C11H15NO2S/c1-4-7(2)12-6-9-5-10(11(13)14)15-8(9)3/h4-5,7,12H,1,6H2,2-3H3,(H,13,14). The monoisotopic (exact) mass is 225 g/mol. The minimum absolute atomic E-state index is 0.234. The molecule has 0 bridgehead atoms. The Morgan fingerprint density at radius 2 is 2.47 bits per heavy atom. The lowest BCUT2D eigenvalue weighted by molar-refractivity contribution is 0.0702. The average Bonchev–Trinajstić information content (AvgIpc) is 2.56. The van der Waals surface area contributed by atoms with E-state index >= 15 is 0 Å². The first-order valence-corrected chi connectivity index (χ1v) is 5.54. The van der Waals surface area contributed by atoms with Crippen molar-refractivity contribution in [2.24, 2.45) is 0 Å². The van der Waals surface area contributed by atoms with E-state index in [1.54, 1.807) is 6.07 Å². The van der Waals surface area contributed by atoms with Gasteiger partial charge < -0.3 is 10.4 Å². The molecule has 1 aromatic heterocycles. The first kappa shape index (κ1) is 11.9. The maximum absolute atomic E-state index is 10.7. The van der Waals surface area contributed by atoms with Crippen molar-refractivity contribution >= 4 is 17.3 Å². The number of carbonyl (C=O) groups is 1. The molecule has 1 aromatic rings. The van der Waals surface area contributed by atoms with E-state index in [0.29, 0.717) is 11.4 Å². The van der Waals surface area contributed by atoms with Crippen LogP contribution in [0.25, 0.3) is 0 Å². The van der Waals surface area contributed by atoms with Gasteiger partial charge >= 0.3 is 5.97 Å². The van der Waals surface area contributed by atoms with Gasteiger partial charge in [0, 0.05) is 17.5 Å². The third-order valence-electron chi connectivity index (χ3n) is 2.20. The van der Waals surface area contributed by atoms with Gasteiger partial charge in [-0.25, -0.2) is 4.79 Å². The highest BCUT2D eigenvalue weighted by molar-refractivity contribution is 7.14. The quantitative estimate of drug-likeness (QED) is 0.757. The van der Waals surface area contributed by atoms with Crippen molar-refractivity contribution in [3.8, 4) is 0 Å². The van der Waals surface area contributed by atoms with Crippen LogP contribution in [0.1, 0.15) is 27.0 Å². The fourth-order valence-electron chi connectivity index (χ4n) is 1.15. The van der Waals surface area contributed by atoms with Crippen molar-refractivity contribution in [1.29, 1.82) is 0 Å². The molecule has 0 saturated carbocycles. The van der Waals surface area contributed by atoms with Crippen LogP contribution in [0.4, 0.5) is 0 Å².